The number of nitrogens with one attached hydrogen (secondary N) is 1. The van der Waals surface area contributed by atoms with E-state index in [1.54, 1.807) is 0 Å². The lowest BCUT2D eigenvalue weighted by atomic mass is 10.4. The predicted molar refractivity (Wildman–Crippen MR) is 35.6 cm³/mol. The van der Waals surface area contributed by atoms with Crippen molar-refractivity contribution in [1.82, 2.24) is 15.1 Å². The zero-order valence-electron chi connectivity index (χ0n) is 5.22. The van der Waals surface area contributed by atoms with Crippen LogP contribution in [-0.4, -0.2) is 15.1 Å². The maximum absolute atomic E-state index is 4.87. The molecule has 0 saturated carbocycles. The second-order valence-electron chi connectivity index (χ2n) is 1.98. The second-order valence-corrected chi connectivity index (χ2v) is 1.98. The van der Waals surface area contributed by atoms with E-state index in [4.69, 9.17) is 4.52 Å². The maximum Gasteiger partial charge on any atom is 0.275 e. The molecule has 0 bridgehead atoms. The Hall–Kier alpha value is -1.58. The van der Waals surface area contributed by atoms with Crippen molar-refractivity contribution in [1.29, 1.82) is 0 Å². The van der Waals surface area contributed by atoms with Crippen molar-refractivity contribution in [2.75, 3.05) is 0 Å². The predicted octanol–water partition coefficient (Wildman–Crippen LogP) is -0.677. The molecule has 50 valence electrons. The van der Waals surface area contributed by atoms with Crippen LogP contribution >= 0.6 is 0 Å². The summed E-state index contributed by atoms with van der Waals surface area (Å²) in [5, 5.41) is 3.18. The summed E-state index contributed by atoms with van der Waals surface area (Å²) in [6.45, 7) is 7.19. The van der Waals surface area contributed by atoms with Crippen LogP contribution < -0.4 is 10.8 Å². The number of aromatic nitrogens is 3. The number of nitrogens with zero attached hydrogens (tertiary/aromatic N) is 2. The van der Waals surface area contributed by atoms with Crippen LogP contribution in [0.4, 0.5) is 0 Å². The number of rotatable bonds is 0. The Morgan fingerprint density at radius 2 is 2.10 bits per heavy atom. The molecule has 0 unspecified atom stereocenters. The third-order valence-corrected chi connectivity index (χ3v) is 1.23. The SMILES string of the molecule is C=c1nc2o[nH]c(=C)c-2n1. The highest BCUT2D eigenvalue weighted by Crippen LogP contribution is 2.05. The molecular formula is C6H5N3O. The molecule has 2 aliphatic heterocycles. The first-order valence-corrected chi connectivity index (χ1v) is 2.76. The van der Waals surface area contributed by atoms with Crippen molar-refractivity contribution in [2.45, 2.75) is 0 Å². The number of hydrogen-bond donors (Lipinski definition) is 1. The minimum Gasteiger partial charge on any atom is -0.359 e. The number of imidazole rings is 1. The van der Waals surface area contributed by atoms with Crippen molar-refractivity contribution in [2.24, 2.45) is 0 Å². The van der Waals surface area contributed by atoms with Crippen LogP contribution in [0.1, 0.15) is 0 Å². The molecule has 2 rings (SSSR count). The lowest BCUT2D eigenvalue weighted by molar-refractivity contribution is 0.419. The van der Waals surface area contributed by atoms with Crippen molar-refractivity contribution in [3.8, 4) is 11.6 Å². The Balaban J connectivity index is 3.00. The van der Waals surface area contributed by atoms with Gasteiger partial charge in [0.15, 0.2) is 5.69 Å². The molecule has 4 nitrogen and oxygen atoms in total. The van der Waals surface area contributed by atoms with Crippen molar-refractivity contribution < 1.29 is 4.52 Å². The minimum absolute atomic E-state index is 0.465. The number of aromatic amines is 1. The van der Waals surface area contributed by atoms with Gasteiger partial charge in [-0.2, -0.15) is 4.98 Å². The van der Waals surface area contributed by atoms with Gasteiger partial charge in [0, 0.05) is 0 Å². The van der Waals surface area contributed by atoms with Crippen LogP contribution in [0.15, 0.2) is 4.52 Å². The van der Waals surface area contributed by atoms with E-state index in [1.165, 1.54) is 0 Å². The summed E-state index contributed by atoms with van der Waals surface area (Å²) in [5.41, 5.74) is 1.12. The fourth-order valence-electron chi connectivity index (χ4n) is 0.798. The Morgan fingerprint density at radius 3 is 2.80 bits per heavy atom. The molecule has 2 heterocycles. The summed E-state index contributed by atoms with van der Waals surface area (Å²) >= 11 is 0. The van der Waals surface area contributed by atoms with E-state index in [9.17, 15) is 0 Å². The van der Waals surface area contributed by atoms with Crippen LogP contribution in [-0.2, 0) is 0 Å². The van der Waals surface area contributed by atoms with Crippen LogP contribution in [0.25, 0.3) is 24.7 Å². The highest BCUT2D eigenvalue weighted by molar-refractivity contribution is 5.47. The monoisotopic (exact) mass is 135 g/mol. The third kappa shape index (κ3) is 0.500. The number of H-pyrrole nitrogens is 1. The fourth-order valence-corrected chi connectivity index (χ4v) is 0.798. The van der Waals surface area contributed by atoms with E-state index in [1.807, 2.05) is 0 Å². The summed E-state index contributed by atoms with van der Waals surface area (Å²) in [4.78, 5) is 7.84. The van der Waals surface area contributed by atoms with Crippen LogP contribution in [0.2, 0.25) is 0 Å². The zero-order chi connectivity index (χ0) is 7.14. The van der Waals surface area contributed by atoms with Gasteiger partial charge >= 0.3 is 0 Å². The molecule has 0 aromatic carbocycles. The van der Waals surface area contributed by atoms with Crippen LogP contribution in [0.5, 0.6) is 0 Å². The first-order chi connectivity index (χ1) is 4.77. The van der Waals surface area contributed by atoms with Gasteiger partial charge in [-0.25, -0.2) is 10.1 Å². The molecule has 2 aliphatic rings. The quantitative estimate of drug-likeness (QED) is 0.521. The highest BCUT2D eigenvalue weighted by atomic mass is 16.5. The van der Waals surface area contributed by atoms with E-state index in [0.717, 1.165) is 0 Å². The van der Waals surface area contributed by atoms with Gasteiger partial charge in [0.1, 0.15) is 5.48 Å². The zero-order valence-corrected chi connectivity index (χ0v) is 5.22. The van der Waals surface area contributed by atoms with E-state index < -0.39 is 0 Å². The van der Waals surface area contributed by atoms with E-state index in [0.29, 0.717) is 22.4 Å². The summed E-state index contributed by atoms with van der Waals surface area (Å²) < 4.78 is 4.87. The largest absolute Gasteiger partial charge is 0.359 e. The molecule has 0 atom stereocenters. The summed E-state index contributed by atoms with van der Waals surface area (Å²) in [5.74, 6) is 0.468. The molecule has 1 N–H and O–H groups in total. The van der Waals surface area contributed by atoms with Crippen molar-refractivity contribution >= 4 is 13.2 Å². The first-order valence-electron chi connectivity index (χ1n) is 2.76. The van der Waals surface area contributed by atoms with Gasteiger partial charge in [0.25, 0.3) is 5.89 Å². The number of fused-ring (bicyclic) bond motifs is 1. The smallest absolute Gasteiger partial charge is 0.275 e. The molecule has 0 spiro atoms. The third-order valence-electron chi connectivity index (χ3n) is 1.23. The number of hydrogen-bond acceptors (Lipinski definition) is 3. The minimum atomic E-state index is 0.465. The molecule has 0 aromatic heterocycles. The topological polar surface area (TPSA) is 54.7 Å². The summed E-state index contributed by atoms with van der Waals surface area (Å²) in [7, 11) is 0. The van der Waals surface area contributed by atoms with E-state index in [2.05, 4.69) is 28.3 Å². The lowest BCUT2D eigenvalue weighted by Gasteiger charge is -1.70. The molecule has 4 heteroatoms. The Bertz CT molecular complexity index is 413. The molecule has 0 amide bonds. The maximum atomic E-state index is 4.87. The molecule has 0 saturated heterocycles. The summed E-state index contributed by atoms with van der Waals surface area (Å²) in [6, 6.07) is 0. The molecule has 0 aromatic rings. The highest BCUT2D eigenvalue weighted by Gasteiger charge is 2.10. The van der Waals surface area contributed by atoms with Gasteiger partial charge < -0.3 is 4.52 Å². The standard InChI is InChI=1S/C6H5N3O/c1-3-5-6(10-9-3)8-4(2)7-5/h9H,1-2H2. The Morgan fingerprint density at radius 1 is 1.30 bits per heavy atom. The van der Waals surface area contributed by atoms with Gasteiger partial charge in [-0.1, -0.05) is 13.2 Å². The van der Waals surface area contributed by atoms with Gasteiger partial charge in [-0.15, -0.1) is 0 Å². The molecule has 0 aliphatic carbocycles. The first kappa shape index (κ1) is 5.22. The van der Waals surface area contributed by atoms with Gasteiger partial charge in [0.05, 0.1) is 5.35 Å². The molecule has 0 fully saturated rings. The van der Waals surface area contributed by atoms with Gasteiger partial charge in [-0.3, -0.25) is 0 Å². The molecule has 0 radical (unpaired) electrons. The summed E-state index contributed by atoms with van der Waals surface area (Å²) in [6.07, 6.45) is 0. The van der Waals surface area contributed by atoms with Crippen molar-refractivity contribution in [3.05, 3.63) is 10.8 Å². The van der Waals surface area contributed by atoms with Gasteiger partial charge in [0.2, 0.25) is 0 Å². The normalized spacial score (nSPS) is 10.8. The lowest BCUT2D eigenvalue weighted by Crippen LogP contribution is -2.04. The van der Waals surface area contributed by atoms with E-state index in [-0.39, 0.29) is 0 Å². The Labute approximate surface area is 56.2 Å². The Kier molecular flexibility index (Phi) is 0.768. The average Bonchev–Trinajstić information content (AvgIpc) is 2.35. The van der Waals surface area contributed by atoms with E-state index >= 15 is 0 Å². The van der Waals surface area contributed by atoms with Gasteiger partial charge in [-0.05, 0) is 0 Å². The second kappa shape index (κ2) is 1.47. The van der Waals surface area contributed by atoms with Crippen molar-refractivity contribution in [3.63, 3.8) is 0 Å². The van der Waals surface area contributed by atoms with Crippen LogP contribution in [0.3, 0.4) is 0 Å². The average molecular weight is 135 g/mol. The van der Waals surface area contributed by atoms with Crippen LogP contribution in [0, 0.1) is 0 Å². The molecule has 10 heavy (non-hydrogen) atoms. The molecular weight excluding hydrogens is 130 g/mol. The fraction of sp³-hybridized carbons (Fsp3) is 0.